The number of hydrogen-bond donors (Lipinski definition) is 0. The number of allylic oxidation sites excluding steroid dienone is 1. The quantitative estimate of drug-likeness (QED) is 0.590. The van der Waals surface area contributed by atoms with Crippen molar-refractivity contribution in [2.45, 2.75) is 51.0 Å². The minimum atomic E-state index is -1.69. The summed E-state index contributed by atoms with van der Waals surface area (Å²) in [5.41, 5.74) is 0. The fourth-order valence-corrected chi connectivity index (χ4v) is 6.89. The summed E-state index contributed by atoms with van der Waals surface area (Å²) in [6.07, 6.45) is 3.45. The number of benzene rings is 1. The molecular weight excluding hydrogens is 268 g/mol. The van der Waals surface area contributed by atoms with Crippen molar-refractivity contribution in [1.29, 1.82) is 0 Å². The van der Waals surface area contributed by atoms with E-state index in [1.54, 1.807) is 0 Å². The summed E-state index contributed by atoms with van der Waals surface area (Å²) in [6, 6.07) is 13.4. The van der Waals surface area contributed by atoms with Crippen molar-refractivity contribution in [3.05, 3.63) is 41.5 Å². The Bertz CT molecular complexity index is 444. The van der Waals surface area contributed by atoms with Gasteiger partial charge in [-0.1, -0.05) is 69.3 Å². The lowest BCUT2D eigenvalue weighted by atomic mass is 10.3. The zero-order valence-electron chi connectivity index (χ0n) is 12.4. The molecule has 2 rings (SSSR count). The van der Waals surface area contributed by atoms with E-state index in [2.05, 4.69) is 64.1 Å². The summed E-state index contributed by atoms with van der Waals surface area (Å²) in [5.74, 6) is 0. The van der Waals surface area contributed by atoms with E-state index in [1.165, 1.54) is 23.7 Å². The normalized spacial score (nSPS) is 18.8. The first-order valence-electron chi connectivity index (χ1n) is 7.05. The van der Waals surface area contributed by atoms with E-state index in [1.807, 2.05) is 11.8 Å². The van der Waals surface area contributed by atoms with Crippen LogP contribution < -0.4 is 5.19 Å². The molecule has 0 atom stereocenters. The molecule has 0 aromatic heterocycles. The van der Waals surface area contributed by atoms with Gasteiger partial charge in [0.05, 0.1) is 0 Å². The molecule has 0 saturated carbocycles. The first-order chi connectivity index (χ1) is 8.95. The molecule has 19 heavy (non-hydrogen) atoms. The standard InChI is InChI=1S/C16H24OSSi/c1-5-15(18-16(2,3)4)17-19(12-9-13-19)14-10-7-6-8-11-14/h5-8,10-11H,9,12-13H2,1-4H3/b15-5+. The van der Waals surface area contributed by atoms with Crippen molar-refractivity contribution in [2.75, 3.05) is 0 Å². The first-order valence-corrected chi connectivity index (χ1v) is 10.2. The van der Waals surface area contributed by atoms with Gasteiger partial charge in [0.1, 0.15) is 5.09 Å². The Morgan fingerprint density at radius 3 is 2.26 bits per heavy atom. The fraction of sp³-hybridized carbons (Fsp3) is 0.500. The molecular formula is C16H24OSSi. The summed E-state index contributed by atoms with van der Waals surface area (Å²) >= 11 is 1.85. The number of hydrogen-bond acceptors (Lipinski definition) is 2. The molecule has 3 heteroatoms. The van der Waals surface area contributed by atoms with Gasteiger partial charge in [-0.2, -0.15) is 0 Å². The van der Waals surface area contributed by atoms with Gasteiger partial charge in [-0.3, -0.25) is 0 Å². The van der Waals surface area contributed by atoms with Gasteiger partial charge in [0, 0.05) is 4.75 Å². The zero-order valence-corrected chi connectivity index (χ0v) is 14.2. The summed E-state index contributed by atoms with van der Waals surface area (Å²) < 4.78 is 6.75. The van der Waals surface area contributed by atoms with Crippen LogP contribution in [0.2, 0.25) is 12.1 Å². The van der Waals surface area contributed by atoms with Gasteiger partial charge in [0.15, 0.2) is 0 Å². The van der Waals surface area contributed by atoms with E-state index in [0.717, 1.165) is 5.09 Å². The van der Waals surface area contributed by atoms with Crippen LogP contribution in [0.5, 0.6) is 0 Å². The molecule has 0 bridgehead atoms. The molecule has 1 aromatic rings. The van der Waals surface area contributed by atoms with Crippen LogP contribution in [0.3, 0.4) is 0 Å². The van der Waals surface area contributed by atoms with Crippen molar-refractivity contribution in [1.82, 2.24) is 0 Å². The van der Waals surface area contributed by atoms with Crippen LogP contribution >= 0.6 is 11.8 Å². The topological polar surface area (TPSA) is 9.23 Å². The number of thioether (sulfide) groups is 1. The van der Waals surface area contributed by atoms with Crippen LogP contribution in [0, 0.1) is 0 Å². The fourth-order valence-electron chi connectivity index (χ4n) is 2.32. The first kappa shape index (κ1) is 14.7. The van der Waals surface area contributed by atoms with Crippen LogP contribution in [0.25, 0.3) is 0 Å². The average Bonchev–Trinajstić information content (AvgIpc) is 2.32. The van der Waals surface area contributed by atoms with Gasteiger partial charge in [-0.05, 0) is 30.3 Å². The van der Waals surface area contributed by atoms with Crippen LogP contribution in [0.1, 0.15) is 34.1 Å². The van der Waals surface area contributed by atoms with Crippen LogP contribution in [-0.4, -0.2) is 13.1 Å². The second-order valence-corrected chi connectivity index (χ2v) is 11.7. The molecule has 0 spiro atoms. The summed E-state index contributed by atoms with van der Waals surface area (Å²) in [5, 5.41) is 2.57. The maximum absolute atomic E-state index is 6.55. The Morgan fingerprint density at radius 2 is 1.84 bits per heavy atom. The van der Waals surface area contributed by atoms with Crippen LogP contribution in [0.4, 0.5) is 0 Å². The Balaban J connectivity index is 2.15. The van der Waals surface area contributed by atoms with Gasteiger partial charge >= 0.3 is 0 Å². The second kappa shape index (κ2) is 5.76. The third-order valence-electron chi connectivity index (χ3n) is 3.40. The monoisotopic (exact) mass is 292 g/mol. The molecule has 1 aromatic carbocycles. The van der Waals surface area contributed by atoms with E-state index >= 15 is 0 Å². The van der Waals surface area contributed by atoms with Crippen molar-refractivity contribution in [3.8, 4) is 0 Å². The summed E-state index contributed by atoms with van der Waals surface area (Å²) in [4.78, 5) is 0. The largest absolute Gasteiger partial charge is 0.535 e. The van der Waals surface area contributed by atoms with Crippen LogP contribution in [0.15, 0.2) is 41.5 Å². The highest BCUT2D eigenvalue weighted by Gasteiger charge is 2.46. The van der Waals surface area contributed by atoms with Crippen molar-refractivity contribution < 1.29 is 4.43 Å². The lowest BCUT2D eigenvalue weighted by molar-refractivity contribution is 0.430. The van der Waals surface area contributed by atoms with Gasteiger partial charge in [0.25, 0.3) is 8.32 Å². The Morgan fingerprint density at radius 1 is 1.21 bits per heavy atom. The summed E-state index contributed by atoms with van der Waals surface area (Å²) in [6.45, 7) is 8.80. The SMILES string of the molecule is C/C=C(\O[Si]1(c2ccccc2)CCC1)SC(C)(C)C. The van der Waals surface area contributed by atoms with Gasteiger partial charge in [-0.15, -0.1) is 0 Å². The maximum atomic E-state index is 6.55. The molecule has 0 amide bonds. The smallest absolute Gasteiger partial charge is 0.283 e. The van der Waals surface area contributed by atoms with Crippen molar-refractivity contribution >= 4 is 25.3 Å². The Labute approximate surface area is 122 Å². The Kier molecular flexibility index (Phi) is 4.46. The van der Waals surface area contributed by atoms with E-state index in [0.29, 0.717) is 0 Å². The van der Waals surface area contributed by atoms with Gasteiger partial charge in [-0.25, -0.2) is 0 Å². The Hall–Kier alpha value is -0.673. The molecule has 1 fully saturated rings. The molecule has 1 nitrogen and oxygen atoms in total. The average molecular weight is 293 g/mol. The molecule has 1 aliphatic heterocycles. The van der Waals surface area contributed by atoms with E-state index < -0.39 is 8.32 Å². The highest BCUT2D eigenvalue weighted by molar-refractivity contribution is 8.04. The van der Waals surface area contributed by atoms with Crippen LogP contribution in [-0.2, 0) is 4.43 Å². The molecule has 104 valence electrons. The molecule has 0 radical (unpaired) electrons. The van der Waals surface area contributed by atoms with E-state index in [-0.39, 0.29) is 4.75 Å². The number of rotatable bonds is 4. The molecule has 1 saturated heterocycles. The van der Waals surface area contributed by atoms with E-state index in [4.69, 9.17) is 4.43 Å². The maximum Gasteiger partial charge on any atom is 0.283 e. The molecule has 1 aliphatic rings. The third kappa shape index (κ3) is 3.66. The van der Waals surface area contributed by atoms with Crippen molar-refractivity contribution in [2.24, 2.45) is 0 Å². The second-order valence-electron chi connectivity index (χ2n) is 6.14. The molecule has 0 aliphatic carbocycles. The predicted molar refractivity (Wildman–Crippen MR) is 88.2 cm³/mol. The lowest BCUT2D eigenvalue weighted by Gasteiger charge is -2.40. The van der Waals surface area contributed by atoms with Gasteiger partial charge < -0.3 is 4.43 Å². The summed E-state index contributed by atoms with van der Waals surface area (Å²) in [7, 11) is -1.69. The molecule has 1 heterocycles. The highest BCUT2D eigenvalue weighted by Crippen LogP contribution is 2.40. The predicted octanol–water partition coefficient (Wildman–Crippen LogP) is 4.65. The highest BCUT2D eigenvalue weighted by atomic mass is 32.2. The lowest BCUT2D eigenvalue weighted by Crippen LogP contribution is -2.55. The molecule has 0 N–H and O–H groups in total. The minimum Gasteiger partial charge on any atom is -0.535 e. The minimum absolute atomic E-state index is 0.206. The van der Waals surface area contributed by atoms with Gasteiger partial charge in [0.2, 0.25) is 0 Å². The van der Waals surface area contributed by atoms with E-state index in [9.17, 15) is 0 Å². The molecule has 0 unspecified atom stereocenters. The van der Waals surface area contributed by atoms with Crippen molar-refractivity contribution in [3.63, 3.8) is 0 Å². The zero-order chi connectivity index (χ0) is 13.9. The third-order valence-corrected chi connectivity index (χ3v) is 9.00.